The second kappa shape index (κ2) is 9.06. The average Bonchev–Trinajstić information content (AvgIpc) is 2.72. The molecule has 3 rings (SSSR count). The number of para-hydroxylation sites is 1. The standard InChI is InChI=1S/C24H24N2O3/c1-16-8-12-20(13-9-16)25-24(28)19-10-14-21(15-11-19)29-18(3)23(27)26-22-7-5-4-6-17(22)2/h4-15,18H,1-3H3,(H,25,28)(H,26,27)/t18-/m1/s1. The van der Waals surface area contributed by atoms with Gasteiger partial charge in [-0.3, -0.25) is 9.59 Å². The number of aryl methyl sites for hydroxylation is 2. The maximum absolute atomic E-state index is 12.4. The summed E-state index contributed by atoms with van der Waals surface area (Å²) in [6, 6.07) is 21.9. The Labute approximate surface area is 170 Å². The summed E-state index contributed by atoms with van der Waals surface area (Å²) in [7, 11) is 0. The Morgan fingerprint density at radius 2 is 1.48 bits per heavy atom. The predicted octanol–water partition coefficient (Wildman–Crippen LogP) is 4.96. The van der Waals surface area contributed by atoms with Gasteiger partial charge in [0.25, 0.3) is 11.8 Å². The maximum atomic E-state index is 12.4. The number of nitrogens with one attached hydrogen (secondary N) is 2. The number of rotatable bonds is 6. The van der Waals surface area contributed by atoms with Crippen molar-refractivity contribution in [3.8, 4) is 5.75 Å². The highest BCUT2D eigenvalue weighted by molar-refractivity contribution is 6.04. The highest BCUT2D eigenvalue weighted by atomic mass is 16.5. The molecule has 0 aliphatic rings. The molecule has 2 amide bonds. The molecule has 1 atom stereocenters. The third-order valence-corrected chi connectivity index (χ3v) is 4.51. The van der Waals surface area contributed by atoms with Crippen molar-refractivity contribution in [2.75, 3.05) is 10.6 Å². The zero-order chi connectivity index (χ0) is 20.8. The molecule has 0 radical (unpaired) electrons. The van der Waals surface area contributed by atoms with Crippen LogP contribution in [0.4, 0.5) is 11.4 Å². The van der Waals surface area contributed by atoms with E-state index in [2.05, 4.69) is 10.6 Å². The van der Waals surface area contributed by atoms with E-state index in [4.69, 9.17) is 4.74 Å². The number of amides is 2. The molecular formula is C24H24N2O3. The fourth-order valence-corrected chi connectivity index (χ4v) is 2.73. The fraction of sp³-hybridized carbons (Fsp3) is 0.167. The first-order valence-electron chi connectivity index (χ1n) is 9.43. The second-order valence-electron chi connectivity index (χ2n) is 6.91. The lowest BCUT2D eigenvalue weighted by Gasteiger charge is -2.16. The van der Waals surface area contributed by atoms with Gasteiger partial charge in [-0.2, -0.15) is 0 Å². The van der Waals surface area contributed by atoms with Gasteiger partial charge >= 0.3 is 0 Å². The molecule has 0 aliphatic carbocycles. The molecule has 0 saturated heterocycles. The average molecular weight is 388 g/mol. The molecule has 5 heteroatoms. The fourth-order valence-electron chi connectivity index (χ4n) is 2.73. The van der Waals surface area contributed by atoms with Crippen LogP contribution in [-0.4, -0.2) is 17.9 Å². The van der Waals surface area contributed by atoms with Crippen LogP contribution < -0.4 is 15.4 Å². The Morgan fingerprint density at radius 1 is 0.828 bits per heavy atom. The normalized spacial score (nSPS) is 11.4. The van der Waals surface area contributed by atoms with Crippen LogP contribution >= 0.6 is 0 Å². The van der Waals surface area contributed by atoms with E-state index in [0.29, 0.717) is 11.3 Å². The molecule has 3 aromatic carbocycles. The van der Waals surface area contributed by atoms with Crippen LogP contribution in [0.15, 0.2) is 72.8 Å². The van der Waals surface area contributed by atoms with E-state index in [9.17, 15) is 9.59 Å². The van der Waals surface area contributed by atoms with Gasteiger partial charge in [-0.1, -0.05) is 35.9 Å². The van der Waals surface area contributed by atoms with E-state index in [1.54, 1.807) is 31.2 Å². The summed E-state index contributed by atoms with van der Waals surface area (Å²) >= 11 is 0. The minimum Gasteiger partial charge on any atom is -0.481 e. The first-order chi connectivity index (χ1) is 13.9. The van der Waals surface area contributed by atoms with E-state index >= 15 is 0 Å². The first-order valence-corrected chi connectivity index (χ1v) is 9.43. The van der Waals surface area contributed by atoms with E-state index in [0.717, 1.165) is 22.5 Å². The maximum Gasteiger partial charge on any atom is 0.265 e. The SMILES string of the molecule is Cc1ccc(NC(=O)c2ccc(O[C@H](C)C(=O)Nc3ccccc3C)cc2)cc1. The molecule has 0 heterocycles. The van der Waals surface area contributed by atoms with Crippen molar-refractivity contribution in [1.82, 2.24) is 0 Å². The van der Waals surface area contributed by atoms with Crippen molar-refractivity contribution in [1.29, 1.82) is 0 Å². The van der Waals surface area contributed by atoms with Crippen LogP contribution in [0.1, 0.15) is 28.4 Å². The summed E-state index contributed by atoms with van der Waals surface area (Å²) < 4.78 is 5.71. The summed E-state index contributed by atoms with van der Waals surface area (Å²) in [6.45, 7) is 5.61. The number of anilines is 2. The number of ether oxygens (including phenoxy) is 1. The number of hydrogen-bond acceptors (Lipinski definition) is 3. The van der Waals surface area contributed by atoms with E-state index in [-0.39, 0.29) is 11.8 Å². The van der Waals surface area contributed by atoms with Gasteiger partial charge in [0, 0.05) is 16.9 Å². The van der Waals surface area contributed by atoms with Gasteiger partial charge in [-0.05, 0) is 68.8 Å². The van der Waals surface area contributed by atoms with Crippen LogP contribution in [0.3, 0.4) is 0 Å². The van der Waals surface area contributed by atoms with Gasteiger partial charge < -0.3 is 15.4 Å². The van der Waals surface area contributed by atoms with Crippen molar-refractivity contribution >= 4 is 23.2 Å². The highest BCUT2D eigenvalue weighted by Crippen LogP contribution is 2.18. The Kier molecular flexibility index (Phi) is 6.29. The number of benzene rings is 3. The largest absolute Gasteiger partial charge is 0.481 e. The molecule has 29 heavy (non-hydrogen) atoms. The molecule has 0 aliphatic heterocycles. The molecule has 0 fully saturated rings. The van der Waals surface area contributed by atoms with Crippen LogP contribution in [0.5, 0.6) is 5.75 Å². The van der Waals surface area contributed by atoms with Crippen LogP contribution in [0, 0.1) is 13.8 Å². The molecule has 148 valence electrons. The summed E-state index contributed by atoms with van der Waals surface area (Å²) in [5.74, 6) is 0.0792. The van der Waals surface area contributed by atoms with Crippen molar-refractivity contribution in [2.45, 2.75) is 26.9 Å². The molecule has 0 aromatic heterocycles. The zero-order valence-electron chi connectivity index (χ0n) is 16.7. The lowest BCUT2D eigenvalue weighted by Crippen LogP contribution is -2.30. The van der Waals surface area contributed by atoms with Crippen LogP contribution in [-0.2, 0) is 4.79 Å². The summed E-state index contributed by atoms with van der Waals surface area (Å²) in [6.07, 6.45) is -0.679. The van der Waals surface area contributed by atoms with Gasteiger partial charge in [-0.15, -0.1) is 0 Å². The predicted molar refractivity (Wildman–Crippen MR) is 115 cm³/mol. The topological polar surface area (TPSA) is 67.4 Å². The molecule has 0 bridgehead atoms. The minimum atomic E-state index is -0.679. The van der Waals surface area contributed by atoms with Gasteiger partial charge in [0.05, 0.1) is 0 Å². The number of carbonyl (C=O) groups excluding carboxylic acids is 2. The Bertz CT molecular complexity index is 995. The summed E-state index contributed by atoms with van der Waals surface area (Å²) in [4.78, 5) is 24.7. The van der Waals surface area contributed by atoms with E-state index < -0.39 is 6.10 Å². The Balaban J connectivity index is 1.58. The van der Waals surface area contributed by atoms with Crippen molar-refractivity contribution in [2.24, 2.45) is 0 Å². The molecular weight excluding hydrogens is 364 g/mol. The Hall–Kier alpha value is -3.60. The molecule has 3 aromatic rings. The van der Waals surface area contributed by atoms with E-state index in [1.165, 1.54) is 0 Å². The lowest BCUT2D eigenvalue weighted by molar-refractivity contribution is -0.122. The zero-order valence-corrected chi connectivity index (χ0v) is 16.7. The quantitative estimate of drug-likeness (QED) is 0.627. The van der Waals surface area contributed by atoms with Crippen LogP contribution in [0.2, 0.25) is 0 Å². The van der Waals surface area contributed by atoms with Crippen LogP contribution in [0.25, 0.3) is 0 Å². The Morgan fingerprint density at radius 3 is 2.14 bits per heavy atom. The summed E-state index contributed by atoms with van der Waals surface area (Å²) in [5, 5.41) is 5.72. The third kappa shape index (κ3) is 5.45. The second-order valence-corrected chi connectivity index (χ2v) is 6.91. The lowest BCUT2D eigenvalue weighted by atomic mass is 10.2. The first kappa shape index (κ1) is 20.1. The number of carbonyl (C=O) groups is 2. The van der Waals surface area contributed by atoms with Gasteiger partial charge in [-0.25, -0.2) is 0 Å². The van der Waals surface area contributed by atoms with Crippen molar-refractivity contribution < 1.29 is 14.3 Å². The van der Waals surface area contributed by atoms with E-state index in [1.807, 2.05) is 62.4 Å². The third-order valence-electron chi connectivity index (χ3n) is 4.51. The minimum absolute atomic E-state index is 0.203. The highest BCUT2D eigenvalue weighted by Gasteiger charge is 2.16. The van der Waals surface area contributed by atoms with Crippen molar-refractivity contribution in [3.63, 3.8) is 0 Å². The number of hydrogen-bond donors (Lipinski definition) is 2. The van der Waals surface area contributed by atoms with Gasteiger partial charge in [0.15, 0.2) is 6.10 Å². The molecule has 0 saturated carbocycles. The molecule has 0 spiro atoms. The molecule has 0 unspecified atom stereocenters. The smallest absolute Gasteiger partial charge is 0.265 e. The summed E-state index contributed by atoms with van der Waals surface area (Å²) in [5.41, 5.74) is 4.12. The monoisotopic (exact) mass is 388 g/mol. The molecule has 2 N–H and O–H groups in total. The molecule has 5 nitrogen and oxygen atoms in total. The van der Waals surface area contributed by atoms with Gasteiger partial charge in [0.2, 0.25) is 0 Å². The van der Waals surface area contributed by atoms with Gasteiger partial charge in [0.1, 0.15) is 5.75 Å². The van der Waals surface area contributed by atoms with Crippen molar-refractivity contribution in [3.05, 3.63) is 89.5 Å².